The Morgan fingerprint density at radius 1 is 1.58 bits per heavy atom. The van der Waals surface area contributed by atoms with Gasteiger partial charge in [0.2, 0.25) is 0 Å². The van der Waals surface area contributed by atoms with Crippen LogP contribution >= 0.6 is 24.0 Å². The molecule has 0 bridgehead atoms. The first kappa shape index (κ1) is 16.1. The molecule has 0 aliphatic carbocycles. The molecule has 0 saturated heterocycles. The van der Waals surface area contributed by atoms with Crippen LogP contribution in [0, 0.1) is 0 Å². The number of benzene rings is 1. The number of hydrogen-bond donors (Lipinski definition) is 3. The second-order valence-electron chi connectivity index (χ2n) is 3.78. The third kappa shape index (κ3) is 3.13. The van der Waals surface area contributed by atoms with Gasteiger partial charge in [0.1, 0.15) is 5.75 Å². The highest BCUT2D eigenvalue weighted by molar-refractivity contribution is 6.65. The Labute approximate surface area is 121 Å². The van der Waals surface area contributed by atoms with Crippen molar-refractivity contribution >= 4 is 42.6 Å². The summed E-state index contributed by atoms with van der Waals surface area (Å²) in [5, 5.41) is 18.4. The number of carbonyl (C=O) groups is 1. The van der Waals surface area contributed by atoms with E-state index in [1.807, 2.05) is 0 Å². The van der Waals surface area contributed by atoms with Crippen molar-refractivity contribution in [2.24, 2.45) is 5.73 Å². The van der Waals surface area contributed by atoms with Crippen molar-refractivity contribution in [3.8, 4) is 5.75 Å². The Hall–Kier alpha value is -0.985. The molecule has 1 aliphatic heterocycles. The molecule has 1 aromatic rings. The van der Waals surface area contributed by atoms with Crippen molar-refractivity contribution in [3.63, 3.8) is 0 Å². The van der Waals surface area contributed by atoms with E-state index in [0.29, 0.717) is 11.0 Å². The number of halogens is 2. The molecular weight excluding hydrogens is 296 g/mol. The lowest BCUT2D eigenvalue weighted by atomic mass is 9.79. The summed E-state index contributed by atoms with van der Waals surface area (Å²) in [6, 6.07) is 3.19. The standard InChI is InChI=1S/C10H11BClNO5.ClH/c12-10-6(17-4-8(14)15)2-1-5-7(3-13)18-11(16)9(5)10;/h1-2,7,16H,3-4,13H2,(H,14,15);1H. The quantitative estimate of drug-likeness (QED) is 0.674. The van der Waals surface area contributed by atoms with Crippen molar-refractivity contribution < 1.29 is 24.3 Å². The van der Waals surface area contributed by atoms with Gasteiger partial charge >= 0.3 is 13.1 Å². The maximum atomic E-state index is 10.4. The number of carboxylic acid groups (broad SMARTS) is 1. The van der Waals surface area contributed by atoms with Crippen molar-refractivity contribution in [1.29, 1.82) is 0 Å². The van der Waals surface area contributed by atoms with E-state index in [4.69, 9.17) is 31.8 Å². The molecule has 2 rings (SSSR count). The molecule has 4 N–H and O–H groups in total. The summed E-state index contributed by atoms with van der Waals surface area (Å²) in [5.41, 5.74) is 6.59. The molecule has 1 unspecified atom stereocenters. The van der Waals surface area contributed by atoms with Crippen LogP contribution in [0.15, 0.2) is 12.1 Å². The molecule has 1 heterocycles. The van der Waals surface area contributed by atoms with Crippen LogP contribution in [0.2, 0.25) is 5.02 Å². The fourth-order valence-electron chi connectivity index (χ4n) is 1.85. The second-order valence-corrected chi connectivity index (χ2v) is 4.15. The van der Waals surface area contributed by atoms with Gasteiger partial charge in [-0.25, -0.2) is 4.79 Å². The third-order valence-electron chi connectivity index (χ3n) is 2.63. The molecule has 6 nitrogen and oxygen atoms in total. The van der Waals surface area contributed by atoms with Crippen LogP contribution < -0.4 is 15.9 Å². The molecule has 0 spiro atoms. The smallest absolute Gasteiger partial charge is 0.480 e. The summed E-state index contributed by atoms with van der Waals surface area (Å²) < 4.78 is 10.2. The Morgan fingerprint density at radius 2 is 2.26 bits per heavy atom. The van der Waals surface area contributed by atoms with Crippen LogP contribution in [0.4, 0.5) is 0 Å². The van der Waals surface area contributed by atoms with E-state index in [1.54, 1.807) is 6.07 Å². The van der Waals surface area contributed by atoms with E-state index in [2.05, 4.69) is 0 Å². The van der Waals surface area contributed by atoms with Crippen LogP contribution in [-0.2, 0) is 9.45 Å². The fraction of sp³-hybridized carbons (Fsp3) is 0.300. The first-order chi connectivity index (χ1) is 8.54. The number of nitrogens with two attached hydrogens (primary N) is 1. The highest BCUT2D eigenvalue weighted by Crippen LogP contribution is 2.31. The summed E-state index contributed by atoms with van der Waals surface area (Å²) in [6.07, 6.45) is -0.416. The number of carboxylic acids is 1. The van der Waals surface area contributed by atoms with E-state index in [-0.39, 0.29) is 29.7 Å². The predicted molar refractivity (Wildman–Crippen MR) is 72.3 cm³/mol. The summed E-state index contributed by atoms with van der Waals surface area (Å²) in [4.78, 5) is 10.4. The molecule has 1 aromatic carbocycles. The van der Waals surface area contributed by atoms with Crippen molar-refractivity contribution in [2.75, 3.05) is 13.2 Å². The number of rotatable bonds is 4. The molecule has 19 heavy (non-hydrogen) atoms. The van der Waals surface area contributed by atoms with Gasteiger partial charge < -0.3 is 25.3 Å². The lowest BCUT2D eigenvalue weighted by Crippen LogP contribution is -2.29. The Balaban J connectivity index is 0.00000180. The fourth-order valence-corrected chi connectivity index (χ4v) is 2.17. The monoisotopic (exact) mass is 307 g/mol. The second kappa shape index (κ2) is 6.45. The largest absolute Gasteiger partial charge is 0.493 e. The van der Waals surface area contributed by atoms with E-state index >= 15 is 0 Å². The average Bonchev–Trinajstić information content (AvgIpc) is 2.65. The van der Waals surface area contributed by atoms with Crippen LogP contribution in [0.1, 0.15) is 11.7 Å². The van der Waals surface area contributed by atoms with E-state index < -0.39 is 25.8 Å². The van der Waals surface area contributed by atoms with Gasteiger partial charge in [-0.05, 0) is 11.6 Å². The van der Waals surface area contributed by atoms with E-state index in [1.165, 1.54) is 6.07 Å². The first-order valence-corrected chi connectivity index (χ1v) is 5.63. The summed E-state index contributed by atoms with van der Waals surface area (Å²) in [7, 11) is -1.17. The molecule has 0 radical (unpaired) electrons. The minimum atomic E-state index is -1.17. The average molecular weight is 308 g/mol. The third-order valence-corrected chi connectivity index (χ3v) is 3.02. The van der Waals surface area contributed by atoms with Gasteiger partial charge in [0.05, 0.1) is 11.1 Å². The minimum Gasteiger partial charge on any atom is -0.480 e. The van der Waals surface area contributed by atoms with Crippen LogP contribution in [0.3, 0.4) is 0 Å². The van der Waals surface area contributed by atoms with Gasteiger partial charge in [-0.1, -0.05) is 17.7 Å². The van der Waals surface area contributed by atoms with Gasteiger partial charge in [0.25, 0.3) is 0 Å². The van der Waals surface area contributed by atoms with E-state index in [0.717, 1.165) is 0 Å². The van der Waals surface area contributed by atoms with Gasteiger partial charge in [0, 0.05) is 12.0 Å². The molecule has 0 aromatic heterocycles. The highest BCUT2D eigenvalue weighted by atomic mass is 35.5. The number of ether oxygens (including phenoxy) is 1. The zero-order valence-corrected chi connectivity index (χ0v) is 11.3. The maximum absolute atomic E-state index is 10.4. The summed E-state index contributed by atoms with van der Waals surface area (Å²) >= 11 is 6.06. The molecule has 1 atom stereocenters. The predicted octanol–water partition coefficient (Wildman–Crippen LogP) is -0.0573. The minimum absolute atomic E-state index is 0. The Morgan fingerprint density at radius 3 is 2.84 bits per heavy atom. The highest BCUT2D eigenvalue weighted by Gasteiger charge is 2.37. The van der Waals surface area contributed by atoms with Crippen molar-refractivity contribution in [2.45, 2.75) is 6.10 Å². The van der Waals surface area contributed by atoms with Gasteiger partial charge in [-0.3, -0.25) is 0 Å². The number of fused-ring (bicyclic) bond motifs is 1. The van der Waals surface area contributed by atoms with Crippen molar-refractivity contribution in [3.05, 3.63) is 22.7 Å². The Bertz CT molecular complexity index is 487. The van der Waals surface area contributed by atoms with Gasteiger partial charge in [-0.15, -0.1) is 12.4 Å². The lowest BCUT2D eigenvalue weighted by molar-refractivity contribution is -0.139. The zero-order valence-electron chi connectivity index (χ0n) is 9.71. The molecule has 0 amide bonds. The molecule has 9 heteroatoms. The van der Waals surface area contributed by atoms with E-state index in [9.17, 15) is 9.82 Å². The Kier molecular flexibility index (Phi) is 5.45. The molecule has 0 saturated carbocycles. The first-order valence-electron chi connectivity index (χ1n) is 5.25. The molecule has 1 aliphatic rings. The zero-order chi connectivity index (χ0) is 13.3. The topological polar surface area (TPSA) is 102 Å². The molecular formula is C10H12BCl2NO5. The molecule has 104 valence electrons. The number of aliphatic carboxylic acids is 1. The van der Waals surface area contributed by atoms with Crippen LogP contribution in [-0.4, -0.2) is 36.4 Å². The molecule has 0 fully saturated rings. The summed E-state index contributed by atoms with van der Waals surface area (Å²) in [5.74, 6) is -0.915. The van der Waals surface area contributed by atoms with Gasteiger partial charge in [0.15, 0.2) is 6.61 Å². The maximum Gasteiger partial charge on any atom is 0.493 e. The normalized spacial score (nSPS) is 16.8. The van der Waals surface area contributed by atoms with Crippen molar-refractivity contribution in [1.82, 2.24) is 0 Å². The number of hydrogen-bond acceptors (Lipinski definition) is 5. The van der Waals surface area contributed by atoms with Gasteiger partial charge in [-0.2, -0.15) is 0 Å². The SMILES string of the molecule is Cl.NCC1OB(O)c2c1ccc(OCC(=O)O)c2Cl. The van der Waals surface area contributed by atoms with Crippen LogP contribution in [0.5, 0.6) is 5.75 Å². The lowest BCUT2D eigenvalue weighted by Gasteiger charge is -2.11. The van der Waals surface area contributed by atoms with Crippen LogP contribution in [0.25, 0.3) is 0 Å². The summed E-state index contributed by atoms with van der Waals surface area (Å²) in [6.45, 7) is -0.286.